The smallest absolute Gasteiger partial charge is 0.141 e. The number of fused-ring (bicyclic) bond motifs is 1. The Morgan fingerprint density at radius 2 is 1.95 bits per heavy atom. The molecular weight excluding hydrogens is 539 g/mol. The summed E-state index contributed by atoms with van der Waals surface area (Å²) in [7, 11) is 0.855. The highest BCUT2D eigenvalue weighted by Gasteiger charge is 2.17. The predicted octanol–water partition coefficient (Wildman–Crippen LogP) is 6.64. The maximum atomic E-state index is 13.4. The van der Waals surface area contributed by atoms with Crippen LogP contribution in [-0.4, -0.2) is 33.2 Å². The Morgan fingerprint density at radius 3 is 2.72 bits per heavy atom. The van der Waals surface area contributed by atoms with E-state index in [1.54, 1.807) is 30.5 Å². The van der Waals surface area contributed by atoms with Gasteiger partial charge in [-0.1, -0.05) is 23.7 Å². The van der Waals surface area contributed by atoms with Gasteiger partial charge < -0.3 is 19.8 Å². The normalized spacial score (nSPS) is 12.8. The van der Waals surface area contributed by atoms with Gasteiger partial charge in [-0.2, -0.15) is 0 Å². The summed E-state index contributed by atoms with van der Waals surface area (Å²) < 4.78 is 37.0. The summed E-state index contributed by atoms with van der Waals surface area (Å²) in [5, 5.41) is 7.68. The zero-order chi connectivity index (χ0) is 27.4. The Kier molecular flexibility index (Phi) is 8.21. The van der Waals surface area contributed by atoms with Crippen LogP contribution in [0.2, 0.25) is 5.02 Å². The lowest BCUT2D eigenvalue weighted by Crippen LogP contribution is -2.21. The Labute approximate surface area is 232 Å². The van der Waals surface area contributed by atoms with Crippen molar-refractivity contribution < 1.29 is 17.8 Å². The summed E-state index contributed by atoms with van der Waals surface area (Å²) in [5.41, 5.74) is 3.05. The van der Waals surface area contributed by atoms with Crippen molar-refractivity contribution in [2.75, 3.05) is 24.4 Å². The molecular formula is C29H26ClFN4O3S. The lowest BCUT2D eigenvalue weighted by atomic mass is 10.1. The van der Waals surface area contributed by atoms with E-state index >= 15 is 0 Å². The Morgan fingerprint density at radius 1 is 1.08 bits per heavy atom. The van der Waals surface area contributed by atoms with E-state index in [4.69, 9.17) is 20.8 Å². The maximum Gasteiger partial charge on any atom is 0.141 e. The summed E-state index contributed by atoms with van der Waals surface area (Å²) in [6, 6.07) is 21.0. The van der Waals surface area contributed by atoms with Gasteiger partial charge in [0.05, 0.1) is 16.6 Å². The van der Waals surface area contributed by atoms with Gasteiger partial charge >= 0.3 is 0 Å². The predicted molar refractivity (Wildman–Crippen MR) is 153 cm³/mol. The second-order valence-corrected chi connectivity index (χ2v) is 10.8. The van der Waals surface area contributed by atoms with Gasteiger partial charge in [0, 0.05) is 39.4 Å². The Balaban J connectivity index is 1.36. The average Bonchev–Trinajstić information content (AvgIpc) is 3.41. The number of furan rings is 1. The second-order valence-electron chi connectivity index (χ2n) is 8.93. The first kappa shape index (κ1) is 26.8. The van der Waals surface area contributed by atoms with Crippen LogP contribution in [0.5, 0.6) is 5.75 Å². The van der Waals surface area contributed by atoms with E-state index in [1.807, 2.05) is 43.4 Å². The zero-order valence-electron chi connectivity index (χ0n) is 21.3. The molecule has 2 N–H and O–H groups in total. The largest absolute Gasteiger partial charge is 0.487 e. The fourth-order valence-corrected chi connectivity index (χ4v) is 5.20. The lowest BCUT2D eigenvalue weighted by Gasteiger charge is -2.13. The third-order valence-electron chi connectivity index (χ3n) is 6.12. The molecule has 2 aromatic heterocycles. The van der Waals surface area contributed by atoms with Crippen molar-refractivity contribution >= 4 is 44.8 Å². The van der Waals surface area contributed by atoms with E-state index < -0.39 is 10.8 Å². The van der Waals surface area contributed by atoms with Gasteiger partial charge in [0.15, 0.2) is 0 Å². The van der Waals surface area contributed by atoms with Crippen molar-refractivity contribution in [1.82, 2.24) is 15.3 Å². The van der Waals surface area contributed by atoms with Gasteiger partial charge in [0.25, 0.3) is 0 Å². The molecule has 39 heavy (non-hydrogen) atoms. The van der Waals surface area contributed by atoms with E-state index in [0.29, 0.717) is 39.4 Å². The van der Waals surface area contributed by atoms with Crippen LogP contribution >= 0.6 is 11.6 Å². The number of ether oxygens (including phenoxy) is 1. The number of hydrogen-bond donors (Lipinski definition) is 2. The van der Waals surface area contributed by atoms with Gasteiger partial charge in [-0.05, 0) is 73.3 Å². The Bertz CT molecular complexity index is 1640. The van der Waals surface area contributed by atoms with E-state index in [2.05, 4.69) is 20.6 Å². The monoisotopic (exact) mass is 564 g/mol. The van der Waals surface area contributed by atoms with E-state index in [9.17, 15) is 8.60 Å². The van der Waals surface area contributed by atoms with Gasteiger partial charge in [0.2, 0.25) is 0 Å². The number of aromatic nitrogens is 2. The first-order valence-electron chi connectivity index (χ1n) is 12.2. The molecule has 200 valence electrons. The van der Waals surface area contributed by atoms with Crippen LogP contribution in [0.3, 0.4) is 0 Å². The van der Waals surface area contributed by atoms with Gasteiger partial charge in [-0.15, -0.1) is 0 Å². The number of rotatable bonds is 10. The highest BCUT2D eigenvalue weighted by Crippen LogP contribution is 2.33. The molecule has 0 fully saturated rings. The maximum absolute atomic E-state index is 13.4. The molecule has 3 aromatic carbocycles. The van der Waals surface area contributed by atoms with Gasteiger partial charge in [0.1, 0.15) is 41.8 Å². The highest BCUT2D eigenvalue weighted by molar-refractivity contribution is 7.84. The van der Waals surface area contributed by atoms with Crippen LogP contribution in [0, 0.1) is 5.82 Å². The summed E-state index contributed by atoms with van der Waals surface area (Å²) >= 11 is 6.48. The van der Waals surface area contributed by atoms with Crippen LogP contribution in [0.25, 0.3) is 22.2 Å². The average molecular weight is 565 g/mol. The molecule has 2 atom stereocenters. The molecule has 0 saturated carbocycles. The first-order chi connectivity index (χ1) is 18.9. The molecule has 0 aliphatic carbocycles. The van der Waals surface area contributed by atoms with Crippen molar-refractivity contribution in [2.24, 2.45) is 0 Å². The molecule has 5 aromatic rings. The molecule has 10 heteroatoms. The quantitative estimate of drug-likeness (QED) is 0.196. The molecule has 0 saturated heterocycles. The number of benzene rings is 3. The van der Waals surface area contributed by atoms with Crippen molar-refractivity contribution in [3.05, 3.63) is 101 Å². The summed E-state index contributed by atoms with van der Waals surface area (Å²) in [4.78, 5) is 8.84. The lowest BCUT2D eigenvalue weighted by molar-refractivity contribution is 0.306. The van der Waals surface area contributed by atoms with Crippen molar-refractivity contribution in [1.29, 1.82) is 0 Å². The van der Waals surface area contributed by atoms with Gasteiger partial charge in [-0.25, -0.2) is 14.4 Å². The number of anilines is 2. The third-order valence-corrected chi connectivity index (χ3v) is 7.22. The van der Waals surface area contributed by atoms with Crippen LogP contribution in [0.15, 0.2) is 83.5 Å². The molecule has 7 nitrogen and oxygen atoms in total. The topological polar surface area (TPSA) is 89.3 Å². The first-order valence-corrected chi connectivity index (χ1v) is 14.3. The third kappa shape index (κ3) is 6.44. The van der Waals surface area contributed by atoms with E-state index in [1.165, 1.54) is 18.5 Å². The number of halogens is 2. The van der Waals surface area contributed by atoms with Crippen molar-refractivity contribution in [3.63, 3.8) is 0 Å². The minimum Gasteiger partial charge on any atom is -0.487 e. The standard InChI is InChI=1S/C29H26ClFN4O3S/c1-32-25(16-39(2)36)28-11-10-26(38-28)19-6-8-24-22(13-19)29(34-17-33-24)35-21-7-9-27(23(30)14-21)37-15-18-4-3-5-20(31)12-18/h3-14,17,25,32H,15-16H2,1-2H3,(H,33,34,35)/t25?,39-/m0/s1. The minimum atomic E-state index is -0.965. The number of nitrogens with zero attached hydrogens (tertiary/aromatic N) is 2. The number of hydrogen-bond acceptors (Lipinski definition) is 7. The molecule has 0 radical (unpaired) electrons. The van der Waals surface area contributed by atoms with Gasteiger partial charge in [-0.3, -0.25) is 4.21 Å². The Hall–Kier alpha value is -3.79. The molecule has 2 heterocycles. The van der Waals surface area contributed by atoms with E-state index in [0.717, 1.165) is 22.2 Å². The van der Waals surface area contributed by atoms with Crippen molar-refractivity contribution in [2.45, 2.75) is 12.6 Å². The highest BCUT2D eigenvalue weighted by atomic mass is 35.5. The summed E-state index contributed by atoms with van der Waals surface area (Å²) in [6.07, 6.45) is 3.17. The molecule has 5 rings (SSSR count). The minimum absolute atomic E-state index is 0.142. The van der Waals surface area contributed by atoms with Crippen LogP contribution in [0.4, 0.5) is 15.9 Å². The SMILES string of the molecule is CNC(C[S@](C)=O)c1ccc(-c2ccc3ncnc(Nc4ccc(OCc5cccc(F)c5)c(Cl)c4)c3c2)o1. The summed E-state index contributed by atoms with van der Waals surface area (Å²) in [5.74, 6) is 2.65. The van der Waals surface area contributed by atoms with Crippen LogP contribution in [-0.2, 0) is 17.4 Å². The second kappa shape index (κ2) is 11.9. The molecule has 0 bridgehead atoms. The molecule has 0 spiro atoms. The molecule has 0 amide bonds. The van der Waals surface area contributed by atoms with E-state index in [-0.39, 0.29) is 18.5 Å². The van der Waals surface area contributed by atoms with Crippen molar-refractivity contribution in [3.8, 4) is 17.1 Å². The summed E-state index contributed by atoms with van der Waals surface area (Å²) in [6.45, 7) is 0.198. The molecule has 0 aliphatic rings. The van der Waals surface area contributed by atoms with Crippen LogP contribution in [0.1, 0.15) is 17.4 Å². The molecule has 0 aliphatic heterocycles. The fraction of sp³-hybridized carbons (Fsp3) is 0.172. The number of nitrogens with one attached hydrogen (secondary N) is 2. The fourth-order valence-electron chi connectivity index (χ4n) is 4.17. The molecule has 1 unspecified atom stereocenters. The zero-order valence-corrected chi connectivity index (χ0v) is 22.9. The van der Waals surface area contributed by atoms with Crippen LogP contribution < -0.4 is 15.4 Å².